The minimum absolute atomic E-state index is 0.115. The first kappa shape index (κ1) is 26.8. The smallest absolute Gasteiger partial charge is 0.272 e. The van der Waals surface area contributed by atoms with Crippen LogP contribution >= 0.6 is 23.1 Å². The number of aromatic nitrogens is 2. The maximum Gasteiger partial charge on any atom is 0.272 e. The number of fused-ring (bicyclic) bond motifs is 2. The Kier molecular flexibility index (Phi) is 8.48. The molecule has 4 aromatic rings. The summed E-state index contributed by atoms with van der Waals surface area (Å²) < 4.78 is 12.8. The average Bonchev–Trinajstić information content (AvgIpc) is 3.61. The molecule has 5 rings (SSSR count). The molecule has 2 N–H and O–H groups in total. The van der Waals surface area contributed by atoms with Crippen LogP contribution in [0.1, 0.15) is 29.5 Å². The van der Waals surface area contributed by atoms with Crippen LogP contribution in [-0.2, 0) is 29.2 Å². The van der Waals surface area contributed by atoms with E-state index < -0.39 is 0 Å². The van der Waals surface area contributed by atoms with Crippen LogP contribution in [0, 0.1) is 6.92 Å². The van der Waals surface area contributed by atoms with Crippen molar-refractivity contribution < 1.29 is 19.1 Å². The van der Waals surface area contributed by atoms with E-state index in [4.69, 9.17) is 9.47 Å². The summed E-state index contributed by atoms with van der Waals surface area (Å²) in [6.07, 6.45) is 0.708. The van der Waals surface area contributed by atoms with Gasteiger partial charge in [0, 0.05) is 26.1 Å². The zero-order valence-corrected chi connectivity index (χ0v) is 23.0. The highest BCUT2D eigenvalue weighted by Crippen LogP contribution is 2.32. The Morgan fingerprint density at radius 2 is 1.74 bits per heavy atom. The van der Waals surface area contributed by atoms with Crippen molar-refractivity contribution in [3.05, 3.63) is 81.0 Å². The Labute approximate surface area is 233 Å². The van der Waals surface area contributed by atoms with Gasteiger partial charge in [-0.05, 0) is 48.1 Å². The Bertz CT molecular complexity index is 1550. The molecule has 0 radical (unpaired) electrons. The topological polar surface area (TPSA) is 112 Å². The van der Waals surface area contributed by atoms with E-state index in [-0.39, 0.29) is 36.3 Å². The van der Waals surface area contributed by atoms with Gasteiger partial charge in [-0.2, -0.15) is 0 Å². The van der Waals surface area contributed by atoms with Gasteiger partial charge >= 0.3 is 0 Å². The predicted molar refractivity (Wildman–Crippen MR) is 151 cm³/mol. The van der Waals surface area contributed by atoms with Crippen molar-refractivity contribution in [2.75, 3.05) is 12.5 Å². The van der Waals surface area contributed by atoms with Crippen molar-refractivity contribution in [2.24, 2.45) is 0 Å². The van der Waals surface area contributed by atoms with Gasteiger partial charge in [-0.25, -0.2) is 4.98 Å². The van der Waals surface area contributed by atoms with Gasteiger partial charge in [0.1, 0.15) is 4.70 Å². The number of nitrogens with one attached hydrogen (secondary N) is 2. The van der Waals surface area contributed by atoms with Crippen LogP contribution < -0.4 is 25.7 Å². The number of carbonyl (C=O) groups excluding carboxylic acids is 2. The second kappa shape index (κ2) is 12.4. The first-order valence-electron chi connectivity index (χ1n) is 12.5. The lowest BCUT2D eigenvalue weighted by atomic mass is 10.1. The Hall–Kier alpha value is -3.83. The molecule has 3 heterocycles. The first-order valence-corrected chi connectivity index (χ1v) is 14.4. The summed E-state index contributed by atoms with van der Waals surface area (Å²) in [5.74, 6) is 1.24. The lowest BCUT2D eigenvalue weighted by Crippen LogP contribution is -2.27. The number of ether oxygens (including phenoxy) is 2. The van der Waals surface area contributed by atoms with Crippen molar-refractivity contribution in [1.29, 1.82) is 0 Å². The van der Waals surface area contributed by atoms with Crippen LogP contribution in [-0.4, -0.2) is 33.9 Å². The summed E-state index contributed by atoms with van der Waals surface area (Å²) in [6, 6.07) is 15.3. The molecule has 0 fully saturated rings. The van der Waals surface area contributed by atoms with Crippen LogP contribution in [0.4, 0.5) is 0 Å². The minimum Gasteiger partial charge on any atom is -0.454 e. The van der Waals surface area contributed by atoms with Gasteiger partial charge in [0.2, 0.25) is 18.6 Å². The fraction of sp³-hybridized carbons (Fsp3) is 0.286. The molecule has 0 bridgehead atoms. The number of carbonyl (C=O) groups is 2. The molecule has 202 valence electrons. The molecule has 11 heteroatoms. The number of rotatable bonds is 11. The molecule has 0 unspecified atom stereocenters. The number of benzene rings is 2. The van der Waals surface area contributed by atoms with E-state index in [1.54, 1.807) is 10.6 Å². The molecule has 0 saturated heterocycles. The summed E-state index contributed by atoms with van der Waals surface area (Å²) in [4.78, 5) is 42.8. The molecule has 2 aromatic carbocycles. The van der Waals surface area contributed by atoms with Gasteiger partial charge in [-0.3, -0.25) is 19.0 Å². The second-order valence-electron chi connectivity index (χ2n) is 9.11. The Morgan fingerprint density at radius 1 is 1.00 bits per heavy atom. The highest BCUT2D eigenvalue weighted by Gasteiger charge is 2.16. The highest BCUT2D eigenvalue weighted by molar-refractivity contribution is 7.99. The third-order valence-electron chi connectivity index (χ3n) is 6.19. The zero-order valence-electron chi connectivity index (χ0n) is 21.4. The summed E-state index contributed by atoms with van der Waals surface area (Å²) >= 11 is 2.56. The molecule has 2 amide bonds. The van der Waals surface area contributed by atoms with Crippen LogP contribution in [0.5, 0.6) is 11.5 Å². The normalized spacial score (nSPS) is 12.0. The third kappa shape index (κ3) is 6.79. The van der Waals surface area contributed by atoms with E-state index in [9.17, 15) is 14.4 Å². The third-order valence-corrected chi connectivity index (χ3v) is 8.05. The number of aryl methyl sites for hydroxylation is 1. The summed E-state index contributed by atoms with van der Waals surface area (Å²) in [6.45, 7) is 3.35. The first-order chi connectivity index (χ1) is 19.0. The number of nitrogens with zero attached hydrogens (tertiary/aromatic N) is 2. The minimum atomic E-state index is -0.154. The number of hydrogen-bond acceptors (Lipinski definition) is 8. The van der Waals surface area contributed by atoms with E-state index in [1.165, 1.54) is 23.1 Å². The molecule has 1 aliphatic rings. The van der Waals surface area contributed by atoms with Crippen LogP contribution in [0.25, 0.3) is 10.2 Å². The van der Waals surface area contributed by atoms with Crippen LogP contribution in [0.2, 0.25) is 0 Å². The van der Waals surface area contributed by atoms with E-state index in [0.29, 0.717) is 52.9 Å². The summed E-state index contributed by atoms with van der Waals surface area (Å²) in [5.41, 5.74) is 3.56. The molecule has 0 atom stereocenters. The molecular weight excluding hydrogens is 536 g/mol. The van der Waals surface area contributed by atoms with Gasteiger partial charge in [-0.1, -0.05) is 47.7 Å². The number of amides is 2. The highest BCUT2D eigenvalue weighted by atomic mass is 32.2. The van der Waals surface area contributed by atoms with Crippen molar-refractivity contribution in [3.63, 3.8) is 0 Å². The molecule has 0 saturated carbocycles. The lowest BCUT2D eigenvalue weighted by Gasteiger charge is -2.12. The number of hydrogen-bond donors (Lipinski definition) is 2. The SMILES string of the molecule is Cc1ccc(CNC(=O)CSc2nc3ccsc3c(=O)n2CCCC(=O)NCc2ccc3c(c2)OCO3)cc1. The van der Waals surface area contributed by atoms with Gasteiger partial charge in [0.25, 0.3) is 5.56 Å². The lowest BCUT2D eigenvalue weighted by molar-refractivity contribution is -0.121. The van der Waals surface area contributed by atoms with Gasteiger partial charge < -0.3 is 20.1 Å². The van der Waals surface area contributed by atoms with E-state index in [2.05, 4.69) is 15.6 Å². The zero-order chi connectivity index (χ0) is 27.2. The summed E-state index contributed by atoms with van der Waals surface area (Å²) in [7, 11) is 0. The quantitative estimate of drug-likeness (QED) is 0.209. The molecule has 1 aliphatic heterocycles. The number of thioether (sulfide) groups is 1. The molecular formula is C28H28N4O5S2. The second-order valence-corrected chi connectivity index (χ2v) is 11.0. The van der Waals surface area contributed by atoms with Gasteiger partial charge in [-0.15, -0.1) is 11.3 Å². The Balaban J connectivity index is 1.15. The van der Waals surface area contributed by atoms with Gasteiger partial charge in [0.15, 0.2) is 16.7 Å². The van der Waals surface area contributed by atoms with E-state index >= 15 is 0 Å². The van der Waals surface area contributed by atoms with Gasteiger partial charge in [0.05, 0.1) is 11.3 Å². The standard InChI is InChI=1S/C28H28N4O5S2/c1-18-4-6-19(7-5-18)14-30-25(34)16-39-28-31-21-10-12-38-26(21)27(35)32(28)11-2-3-24(33)29-15-20-8-9-22-23(13-20)37-17-36-22/h4-10,12-13H,2-3,11,14-17H2,1H3,(H,29,33)(H,30,34). The largest absolute Gasteiger partial charge is 0.454 e. The molecule has 39 heavy (non-hydrogen) atoms. The molecule has 9 nitrogen and oxygen atoms in total. The predicted octanol–water partition coefficient (Wildman–Crippen LogP) is 4.00. The molecule has 0 spiro atoms. The average molecular weight is 565 g/mol. The summed E-state index contributed by atoms with van der Waals surface area (Å²) in [5, 5.41) is 8.12. The fourth-order valence-electron chi connectivity index (χ4n) is 4.06. The maximum atomic E-state index is 13.2. The number of thiophene rings is 1. The van der Waals surface area contributed by atoms with Crippen molar-refractivity contribution in [3.8, 4) is 11.5 Å². The fourth-order valence-corrected chi connectivity index (χ4v) is 5.69. The van der Waals surface area contributed by atoms with E-state index in [0.717, 1.165) is 16.7 Å². The maximum absolute atomic E-state index is 13.2. The monoisotopic (exact) mass is 564 g/mol. The van der Waals surface area contributed by atoms with Crippen molar-refractivity contribution in [1.82, 2.24) is 20.2 Å². The van der Waals surface area contributed by atoms with Crippen molar-refractivity contribution >= 4 is 45.1 Å². The van der Waals surface area contributed by atoms with Crippen LogP contribution in [0.15, 0.2) is 63.9 Å². The molecule has 2 aromatic heterocycles. The van der Waals surface area contributed by atoms with Crippen molar-refractivity contribution in [2.45, 2.75) is 44.6 Å². The Morgan fingerprint density at radius 3 is 2.59 bits per heavy atom. The molecule has 0 aliphatic carbocycles. The van der Waals surface area contributed by atoms with E-state index in [1.807, 2.05) is 54.8 Å². The van der Waals surface area contributed by atoms with Crippen LogP contribution in [0.3, 0.4) is 0 Å².